The summed E-state index contributed by atoms with van der Waals surface area (Å²) in [5.74, 6) is 0. The van der Waals surface area contributed by atoms with E-state index in [9.17, 15) is 8.42 Å². The van der Waals surface area contributed by atoms with E-state index in [2.05, 4.69) is 6.58 Å². The second kappa shape index (κ2) is 5.64. The average Bonchev–Trinajstić information content (AvgIpc) is 2.30. The SMILES string of the molecule is C=C(C)/C(=C\C=C/C)S(=O)(=O)c1ccccc1. The Kier molecular flexibility index (Phi) is 4.46. The van der Waals surface area contributed by atoms with Crippen molar-refractivity contribution in [3.8, 4) is 0 Å². The monoisotopic (exact) mass is 248 g/mol. The first-order valence-electron chi connectivity index (χ1n) is 5.29. The Bertz CT molecular complexity index is 549. The van der Waals surface area contributed by atoms with E-state index >= 15 is 0 Å². The first-order valence-corrected chi connectivity index (χ1v) is 6.77. The van der Waals surface area contributed by atoms with Gasteiger partial charge in [0.1, 0.15) is 0 Å². The van der Waals surface area contributed by atoms with Crippen LogP contribution in [0.2, 0.25) is 0 Å². The lowest BCUT2D eigenvalue weighted by Gasteiger charge is -2.08. The van der Waals surface area contributed by atoms with Crippen LogP contribution in [0.3, 0.4) is 0 Å². The van der Waals surface area contributed by atoms with E-state index in [0.29, 0.717) is 10.5 Å². The van der Waals surface area contributed by atoms with Gasteiger partial charge in [0.05, 0.1) is 9.80 Å². The smallest absolute Gasteiger partial charge is 0.206 e. The molecular weight excluding hydrogens is 232 g/mol. The van der Waals surface area contributed by atoms with Crippen molar-refractivity contribution in [2.45, 2.75) is 18.7 Å². The molecule has 1 aromatic rings. The van der Waals surface area contributed by atoms with Crippen molar-refractivity contribution in [1.82, 2.24) is 0 Å². The van der Waals surface area contributed by atoms with Gasteiger partial charge in [0.2, 0.25) is 9.84 Å². The van der Waals surface area contributed by atoms with Crippen LogP contribution in [-0.4, -0.2) is 8.42 Å². The third-order valence-corrected chi connectivity index (χ3v) is 4.16. The molecule has 0 aliphatic heterocycles. The minimum Gasteiger partial charge on any atom is -0.219 e. The fraction of sp³-hybridized carbons (Fsp3) is 0.143. The van der Waals surface area contributed by atoms with Crippen molar-refractivity contribution in [2.75, 3.05) is 0 Å². The minimum atomic E-state index is -3.46. The van der Waals surface area contributed by atoms with Gasteiger partial charge in [-0.05, 0) is 37.6 Å². The summed E-state index contributed by atoms with van der Waals surface area (Å²) in [5.41, 5.74) is 0.534. The first-order chi connectivity index (χ1) is 8.00. The maximum absolute atomic E-state index is 12.3. The summed E-state index contributed by atoms with van der Waals surface area (Å²) in [5, 5.41) is 0. The summed E-state index contributed by atoms with van der Waals surface area (Å²) in [4.78, 5) is 0.542. The third kappa shape index (κ3) is 3.17. The Labute approximate surface area is 103 Å². The molecule has 0 amide bonds. The van der Waals surface area contributed by atoms with E-state index in [1.807, 2.05) is 6.92 Å². The summed E-state index contributed by atoms with van der Waals surface area (Å²) in [6.45, 7) is 7.24. The maximum atomic E-state index is 12.3. The molecule has 0 unspecified atom stereocenters. The van der Waals surface area contributed by atoms with Crippen LogP contribution in [0.25, 0.3) is 0 Å². The highest BCUT2D eigenvalue weighted by molar-refractivity contribution is 7.95. The summed E-state index contributed by atoms with van der Waals surface area (Å²) in [6, 6.07) is 8.37. The second-order valence-corrected chi connectivity index (χ2v) is 5.57. The molecule has 1 aromatic carbocycles. The van der Waals surface area contributed by atoms with Crippen molar-refractivity contribution in [3.63, 3.8) is 0 Å². The van der Waals surface area contributed by atoms with Gasteiger partial charge < -0.3 is 0 Å². The van der Waals surface area contributed by atoms with E-state index in [4.69, 9.17) is 0 Å². The zero-order chi connectivity index (χ0) is 12.9. The quantitative estimate of drug-likeness (QED) is 0.764. The van der Waals surface area contributed by atoms with Crippen molar-refractivity contribution in [2.24, 2.45) is 0 Å². The number of allylic oxidation sites excluding steroid dienone is 4. The van der Waals surface area contributed by atoms with E-state index in [1.54, 1.807) is 55.5 Å². The molecule has 0 atom stereocenters. The van der Waals surface area contributed by atoms with Crippen molar-refractivity contribution in [3.05, 3.63) is 65.6 Å². The standard InChI is InChI=1S/C14H16O2S/c1-4-5-11-14(12(2)3)17(15,16)13-9-7-6-8-10-13/h4-11H,2H2,1,3H3/b5-4-,14-11+. The van der Waals surface area contributed by atoms with Crippen molar-refractivity contribution < 1.29 is 8.42 Å². The lowest BCUT2D eigenvalue weighted by Crippen LogP contribution is -2.05. The average molecular weight is 248 g/mol. The van der Waals surface area contributed by atoms with Crippen LogP contribution in [0.4, 0.5) is 0 Å². The van der Waals surface area contributed by atoms with Gasteiger partial charge in [-0.2, -0.15) is 0 Å². The molecule has 0 fully saturated rings. The highest BCUT2D eigenvalue weighted by Crippen LogP contribution is 2.23. The largest absolute Gasteiger partial charge is 0.219 e. The van der Waals surface area contributed by atoms with E-state index in [1.165, 1.54) is 0 Å². The molecule has 3 heteroatoms. The molecule has 0 N–H and O–H groups in total. The maximum Gasteiger partial charge on any atom is 0.206 e. The van der Waals surface area contributed by atoms with E-state index in [-0.39, 0.29) is 4.91 Å². The van der Waals surface area contributed by atoms with Gasteiger partial charge in [-0.25, -0.2) is 8.42 Å². The molecule has 90 valence electrons. The molecule has 0 aromatic heterocycles. The van der Waals surface area contributed by atoms with Crippen LogP contribution >= 0.6 is 0 Å². The van der Waals surface area contributed by atoms with Gasteiger partial charge in [0.25, 0.3) is 0 Å². The zero-order valence-electron chi connectivity index (χ0n) is 10.1. The first kappa shape index (κ1) is 13.5. The highest BCUT2D eigenvalue weighted by atomic mass is 32.2. The summed E-state index contributed by atoms with van der Waals surface area (Å²) >= 11 is 0. The lowest BCUT2D eigenvalue weighted by molar-refractivity contribution is 0.602. The Morgan fingerprint density at radius 3 is 2.29 bits per heavy atom. The molecule has 1 rings (SSSR count). The van der Waals surface area contributed by atoms with Crippen LogP contribution in [0.15, 0.2) is 70.5 Å². The number of hydrogen-bond acceptors (Lipinski definition) is 2. The van der Waals surface area contributed by atoms with Crippen LogP contribution in [0.5, 0.6) is 0 Å². The normalized spacial score (nSPS) is 12.9. The molecule has 0 aliphatic carbocycles. The fourth-order valence-electron chi connectivity index (χ4n) is 1.37. The number of rotatable bonds is 4. The van der Waals surface area contributed by atoms with E-state index in [0.717, 1.165) is 0 Å². The fourth-order valence-corrected chi connectivity index (χ4v) is 2.86. The van der Waals surface area contributed by atoms with Crippen molar-refractivity contribution >= 4 is 9.84 Å². The Morgan fingerprint density at radius 2 is 1.82 bits per heavy atom. The molecule has 0 heterocycles. The van der Waals surface area contributed by atoms with Crippen LogP contribution in [-0.2, 0) is 9.84 Å². The van der Waals surface area contributed by atoms with Gasteiger partial charge in [-0.1, -0.05) is 36.9 Å². The number of benzene rings is 1. The Hall–Kier alpha value is -1.61. The minimum absolute atomic E-state index is 0.252. The summed E-state index contributed by atoms with van der Waals surface area (Å²) in [6.07, 6.45) is 5.05. The predicted octanol–water partition coefficient (Wildman–Crippen LogP) is 3.50. The van der Waals surface area contributed by atoms with Gasteiger partial charge in [0.15, 0.2) is 0 Å². The summed E-state index contributed by atoms with van der Waals surface area (Å²) in [7, 11) is -3.46. The van der Waals surface area contributed by atoms with Gasteiger partial charge in [-0.15, -0.1) is 0 Å². The van der Waals surface area contributed by atoms with Gasteiger partial charge >= 0.3 is 0 Å². The van der Waals surface area contributed by atoms with Gasteiger partial charge in [0, 0.05) is 0 Å². The lowest BCUT2D eigenvalue weighted by atomic mass is 10.3. The van der Waals surface area contributed by atoms with Crippen molar-refractivity contribution in [1.29, 1.82) is 0 Å². The molecule has 17 heavy (non-hydrogen) atoms. The number of hydrogen-bond donors (Lipinski definition) is 0. The topological polar surface area (TPSA) is 34.1 Å². The molecule has 0 bridgehead atoms. The molecule has 0 aliphatic rings. The molecule has 0 saturated heterocycles. The Balaban J connectivity index is 3.34. The summed E-state index contributed by atoms with van der Waals surface area (Å²) < 4.78 is 24.6. The van der Waals surface area contributed by atoms with E-state index < -0.39 is 9.84 Å². The van der Waals surface area contributed by atoms with Gasteiger partial charge in [-0.3, -0.25) is 0 Å². The van der Waals surface area contributed by atoms with Crippen LogP contribution in [0, 0.1) is 0 Å². The molecular formula is C14H16O2S. The Morgan fingerprint density at radius 1 is 1.24 bits per heavy atom. The molecule has 0 radical (unpaired) electrons. The molecule has 0 spiro atoms. The van der Waals surface area contributed by atoms with Crippen LogP contribution in [0.1, 0.15) is 13.8 Å². The second-order valence-electron chi connectivity index (χ2n) is 3.65. The molecule has 0 saturated carbocycles. The van der Waals surface area contributed by atoms with Crippen LogP contribution < -0.4 is 0 Å². The predicted molar refractivity (Wildman–Crippen MR) is 71.3 cm³/mol. The molecule has 2 nitrogen and oxygen atoms in total. The highest BCUT2D eigenvalue weighted by Gasteiger charge is 2.20. The zero-order valence-corrected chi connectivity index (χ0v) is 10.9. The number of sulfone groups is 1. The third-order valence-electron chi connectivity index (χ3n) is 2.20.